The quantitative estimate of drug-likeness (QED) is 0.524. The van der Waals surface area contributed by atoms with Crippen LogP contribution >= 0.6 is 11.6 Å². The molecule has 2 aromatic carbocycles. The molecule has 0 saturated carbocycles. The topological polar surface area (TPSA) is 71.6 Å². The number of nitrogens with one attached hydrogen (secondary N) is 2. The molecule has 0 aliphatic carbocycles. The number of carbonyl (C=O) groups is 1. The molecule has 0 radical (unpaired) electrons. The molecule has 3 N–H and O–H groups in total. The van der Waals surface area contributed by atoms with Crippen LogP contribution in [0.1, 0.15) is 32.7 Å². The van der Waals surface area contributed by atoms with Crippen molar-refractivity contribution in [3.8, 4) is 0 Å². The van der Waals surface area contributed by atoms with Crippen LogP contribution in [0.2, 0.25) is 5.02 Å². The van der Waals surface area contributed by atoms with Crippen molar-refractivity contribution in [2.45, 2.75) is 27.3 Å². The van der Waals surface area contributed by atoms with Crippen molar-refractivity contribution in [2.75, 3.05) is 44.6 Å². The second-order valence-corrected chi connectivity index (χ2v) is 8.97. The van der Waals surface area contributed by atoms with Gasteiger partial charge in [-0.2, -0.15) is 0 Å². The first-order valence-corrected chi connectivity index (χ1v) is 11.5. The minimum absolute atomic E-state index is 0.0144. The molecule has 1 aliphatic heterocycles. The van der Waals surface area contributed by atoms with Gasteiger partial charge in [-0.1, -0.05) is 29.8 Å². The van der Waals surface area contributed by atoms with E-state index in [4.69, 9.17) is 16.7 Å². The molecule has 0 atom stereocenters. The molecule has 0 spiro atoms. The number of aryl methyl sites for hydroxylation is 3. The smallest absolute Gasteiger partial charge is 0.254 e. The van der Waals surface area contributed by atoms with Gasteiger partial charge in [-0.3, -0.25) is 9.69 Å². The average molecular weight is 455 g/mol. The Kier molecular flexibility index (Phi) is 6.74. The van der Waals surface area contributed by atoms with Crippen LogP contribution in [0.25, 0.3) is 10.9 Å². The number of fused-ring (bicyclic) bond motifs is 1. The van der Waals surface area contributed by atoms with E-state index >= 15 is 0 Å². The van der Waals surface area contributed by atoms with E-state index in [0.29, 0.717) is 36.8 Å². The van der Waals surface area contributed by atoms with Crippen LogP contribution in [-0.2, 0) is 6.54 Å². The van der Waals surface area contributed by atoms with E-state index in [0.717, 1.165) is 35.4 Å². The molecule has 6 nitrogen and oxygen atoms in total. The fourth-order valence-electron chi connectivity index (χ4n) is 4.47. The van der Waals surface area contributed by atoms with E-state index in [2.05, 4.69) is 47.2 Å². The van der Waals surface area contributed by atoms with Crippen molar-refractivity contribution in [3.05, 3.63) is 63.3 Å². The van der Waals surface area contributed by atoms with Crippen LogP contribution in [0.3, 0.4) is 0 Å². The van der Waals surface area contributed by atoms with E-state index in [9.17, 15) is 4.79 Å². The minimum Gasteiger partial charge on any atom is -0.395 e. The standard InChI is InChI=1S/C25H31ClN4O2/c1-16-5-4-6-17(2)21(16)15-27-22-14-19(13-20-23(26)18(3)28-24(20)22)25(32)30-9-7-29(8-10-30)11-12-31/h4-6,13-14,27-28,31H,7-12,15H2,1-3H3. The van der Waals surface area contributed by atoms with Crippen molar-refractivity contribution in [1.82, 2.24) is 14.8 Å². The molecule has 32 heavy (non-hydrogen) atoms. The van der Waals surface area contributed by atoms with Gasteiger partial charge in [0, 0.05) is 55.9 Å². The predicted octanol–water partition coefficient (Wildman–Crippen LogP) is 4.11. The maximum atomic E-state index is 13.3. The van der Waals surface area contributed by atoms with Crippen molar-refractivity contribution < 1.29 is 9.90 Å². The van der Waals surface area contributed by atoms with Gasteiger partial charge in [-0.25, -0.2) is 0 Å². The van der Waals surface area contributed by atoms with E-state index in [-0.39, 0.29) is 12.5 Å². The van der Waals surface area contributed by atoms with Gasteiger partial charge < -0.3 is 20.3 Å². The van der Waals surface area contributed by atoms with Gasteiger partial charge in [0.05, 0.1) is 22.8 Å². The maximum Gasteiger partial charge on any atom is 0.254 e. The number of anilines is 1. The SMILES string of the molecule is Cc1cccc(C)c1CNc1cc(C(=O)N2CCN(CCO)CC2)cc2c(Cl)c(C)[nH]c12. The van der Waals surface area contributed by atoms with Gasteiger partial charge in [0.25, 0.3) is 5.91 Å². The summed E-state index contributed by atoms with van der Waals surface area (Å²) in [6.45, 7) is 10.5. The number of benzene rings is 2. The number of aliphatic hydroxyl groups excluding tert-OH is 1. The summed E-state index contributed by atoms with van der Waals surface area (Å²) in [6, 6.07) is 10.1. The molecule has 170 valence electrons. The lowest BCUT2D eigenvalue weighted by Gasteiger charge is -2.34. The number of hydrogen-bond donors (Lipinski definition) is 3. The Labute approximate surface area is 194 Å². The summed E-state index contributed by atoms with van der Waals surface area (Å²) >= 11 is 6.58. The van der Waals surface area contributed by atoms with Gasteiger partial charge in [0.1, 0.15) is 0 Å². The Morgan fingerprint density at radius 2 is 1.81 bits per heavy atom. The zero-order chi connectivity index (χ0) is 22.8. The third-order valence-electron chi connectivity index (χ3n) is 6.44. The Morgan fingerprint density at radius 3 is 2.47 bits per heavy atom. The summed E-state index contributed by atoms with van der Waals surface area (Å²) in [4.78, 5) is 20.8. The first-order valence-electron chi connectivity index (χ1n) is 11.1. The third kappa shape index (κ3) is 4.49. The fraction of sp³-hybridized carbons (Fsp3) is 0.400. The monoisotopic (exact) mass is 454 g/mol. The Hall–Kier alpha value is -2.54. The lowest BCUT2D eigenvalue weighted by atomic mass is 10.0. The lowest BCUT2D eigenvalue weighted by molar-refractivity contribution is 0.0615. The lowest BCUT2D eigenvalue weighted by Crippen LogP contribution is -2.49. The molecule has 1 fully saturated rings. The van der Waals surface area contributed by atoms with Gasteiger partial charge in [0.2, 0.25) is 0 Å². The number of β-amino-alcohol motifs (C(OH)–C–C–N with tert-alkyl or cyclic N) is 1. The summed E-state index contributed by atoms with van der Waals surface area (Å²) in [6.07, 6.45) is 0. The highest BCUT2D eigenvalue weighted by Crippen LogP contribution is 2.34. The summed E-state index contributed by atoms with van der Waals surface area (Å²) in [7, 11) is 0. The maximum absolute atomic E-state index is 13.3. The number of piperazine rings is 1. The van der Waals surface area contributed by atoms with Gasteiger partial charge in [-0.05, 0) is 49.6 Å². The van der Waals surface area contributed by atoms with Crippen LogP contribution in [0.15, 0.2) is 30.3 Å². The zero-order valence-electron chi connectivity index (χ0n) is 19.0. The molecule has 1 aromatic heterocycles. The average Bonchev–Trinajstić information content (AvgIpc) is 3.07. The number of aromatic nitrogens is 1. The number of amides is 1. The van der Waals surface area contributed by atoms with E-state index in [1.165, 1.54) is 16.7 Å². The van der Waals surface area contributed by atoms with Crippen LogP contribution in [-0.4, -0.2) is 65.1 Å². The number of H-pyrrole nitrogens is 1. The van der Waals surface area contributed by atoms with E-state index in [1.54, 1.807) is 0 Å². The molecule has 1 saturated heterocycles. The minimum atomic E-state index is 0.0144. The fourth-order valence-corrected chi connectivity index (χ4v) is 4.66. The summed E-state index contributed by atoms with van der Waals surface area (Å²) < 4.78 is 0. The molecule has 4 rings (SSSR count). The van der Waals surface area contributed by atoms with E-state index in [1.807, 2.05) is 24.0 Å². The molecule has 0 unspecified atom stereocenters. The number of aliphatic hydroxyl groups is 1. The van der Waals surface area contributed by atoms with Gasteiger partial charge in [-0.15, -0.1) is 0 Å². The number of rotatable bonds is 6. The van der Waals surface area contributed by atoms with E-state index < -0.39 is 0 Å². The number of aromatic amines is 1. The van der Waals surface area contributed by atoms with Crippen molar-refractivity contribution in [1.29, 1.82) is 0 Å². The summed E-state index contributed by atoms with van der Waals surface area (Å²) in [5, 5.41) is 14.2. The summed E-state index contributed by atoms with van der Waals surface area (Å²) in [5.41, 5.74) is 7.05. The first kappa shape index (κ1) is 22.6. The predicted molar refractivity (Wildman–Crippen MR) is 131 cm³/mol. The van der Waals surface area contributed by atoms with Crippen molar-refractivity contribution in [3.63, 3.8) is 0 Å². The Morgan fingerprint density at radius 1 is 1.12 bits per heavy atom. The third-order valence-corrected chi connectivity index (χ3v) is 6.93. The first-order chi connectivity index (χ1) is 15.4. The second kappa shape index (κ2) is 9.53. The van der Waals surface area contributed by atoms with Gasteiger partial charge in [0.15, 0.2) is 0 Å². The molecular weight excluding hydrogens is 424 g/mol. The van der Waals surface area contributed by atoms with Crippen LogP contribution in [0.5, 0.6) is 0 Å². The number of halogens is 1. The molecule has 1 aliphatic rings. The Balaban J connectivity index is 1.63. The summed E-state index contributed by atoms with van der Waals surface area (Å²) in [5.74, 6) is 0.0144. The molecule has 7 heteroatoms. The molecular formula is C25H31ClN4O2. The Bertz CT molecular complexity index is 1110. The molecule has 2 heterocycles. The molecule has 0 bridgehead atoms. The highest BCUT2D eigenvalue weighted by molar-refractivity contribution is 6.37. The number of carbonyl (C=O) groups excluding carboxylic acids is 1. The van der Waals surface area contributed by atoms with Crippen LogP contribution < -0.4 is 5.32 Å². The second-order valence-electron chi connectivity index (χ2n) is 8.59. The van der Waals surface area contributed by atoms with Crippen LogP contribution in [0, 0.1) is 20.8 Å². The number of hydrogen-bond acceptors (Lipinski definition) is 4. The largest absolute Gasteiger partial charge is 0.395 e. The molecule has 3 aromatic rings. The zero-order valence-corrected chi connectivity index (χ0v) is 19.7. The molecule has 1 amide bonds. The highest BCUT2D eigenvalue weighted by Gasteiger charge is 2.23. The number of nitrogens with zero attached hydrogens (tertiary/aromatic N) is 2. The van der Waals surface area contributed by atoms with Gasteiger partial charge >= 0.3 is 0 Å². The normalized spacial score (nSPS) is 14.8. The van der Waals surface area contributed by atoms with Crippen LogP contribution in [0.4, 0.5) is 5.69 Å². The van der Waals surface area contributed by atoms with Crippen molar-refractivity contribution >= 4 is 34.1 Å². The highest BCUT2D eigenvalue weighted by atomic mass is 35.5. The van der Waals surface area contributed by atoms with Crippen molar-refractivity contribution in [2.24, 2.45) is 0 Å².